The standard InChI is InChI=1S/C12H22O4S2/c1-5-9(4)16-11(14)12(17)18-7-10(13)15-6-8(2)3/h8-9,12,17H,5-7H2,1-4H3. The lowest BCUT2D eigenvalue weighted by atomic mass is 10.2. The molecule has 0 radical (unpaired) electrons. The number of hydrogen-bond acceptors (Lipinski definition) is 6. The van der Waals surface area contributed by atoms with Gasteiger partial charge in [-0.3, -0.25) is 4.79 Å². The summed E-state index contributed by atoms with van der Waals surface area (Å²) in [7, 11) is 0. The van der Waals surface area contributed by atoms with Crippen molar-refractivity contribution in [3.63, 3.8) is 0 Å². The van der Waals surface area contributed by atoms with Crippen LogP contribution in [-0.2, 0) is 19.1 Å². The van der Waals surface area contributed by atoms with Gasteiger partial charge in [-0.2, -0.15) is 12.6 Å². The van der Waals surface area contributed by atoms with Gasteiger partial charge in [0.25, 0.3) is 0 Å². The lowest BCUT2D eigenvalue weighted by molar-refractivity contribution is -0.145. The summed E-state index contributed by atoms with van der Waals surface area (Å²) in [5.41, 5.74) is 0. The van der Waals surface area contributed by atoms with Crippen molar-refractivity contribution in [3.8, 4) is 0 Å². The summed E-state index contributed by atoms with van der Waals surface area (Å²) in [6, 6.07) is 0. The fourth-order valence-corrected chi connectivity index (χ4v) is 1.71. The molecule has 0 aromatic carbocycles. The Morgan fingerprint density at radius 2 is 1.89 bits per heavy atom. The van der Waals surface area contributed by atoms with Crippen LogP contribution >= 0.6 is 24.4 Å². The number of rotatable bonds is 8. The van der Waals surface area contributed by atoms with Crippen molar-refractivity contribution in [3.05, 3.63) is 0 Å². The van der Waals surface area contributed by atoms with Gasteiger partial charge in [0, 0.05) is 0 Å². The zero-order chi connectivity index (χ0) is 14.1. The monoisotopic (exact) mass is 294 g/mol. The van der Waals surface area contributed by atoms with Gasteiger partial charge in [0.1, 0.15) is 4.58 Å². The zero-order valence-electron chi connectivity index (χ0n) is 11.3. The first-order chi connectivity index (χ1) is 8.36. The van der Waals surface area contributed by atoms with Gasteiger partial charge >= 0.3 is 11.9 Å². The van der Waals surface area contributed by atoms with Crippen LogP contribution in [0.25, 0.3) is 0 Å². The Bertz CT molecular complexity index is 269. The van der Waals surface area contributed by atoms with Crippen molar-refractivity contribution in [2.45, 2.75) is 44.8 Å². The summed E-state index contributed by atoms with van der Waals surface area (Å²) < 4.78 is 9.45. The highest BCUT2D eigenvalue weighted by Crippen LogP contribution is 2.18. The Hall–Kier alpha value is -0.360. The molecule has 0 aromatic heterocycles. The highest BCUT2D eigenvalue weighted by Gasteiger charge is 2.19. The van der Waals surface area contributed by atoms with Gasteiger partial charge in [-0.1, -0.05) is 20.8 Å². The molecule has 0 bridgehead atoms. The summed E-state index contributed by atoms with van der Waals surface area (Å²) in [5.74, 6) is -0.323. The molecule has 0 saturated carbocycles. The number of ether oxygens (including phenoxy) is 2. The van der Waals surface area contributed by atoms with Crippen LogP contribution < -0.4 is 0 Å². The lowest BCUT2D eigenvalue weighted by Gasteiger charge is -2.14. The second kappa shape index (κ2) is 9.55. The average molecular weight is 294 g/mol. The maximum Gasteiger partial charge on any atom is 0.329 e. The van der Waals surface area contributed by atoms with E-state index in [1.165, 1.54) is 0 Å². The summed E-state index contributed by atoms with van der Waals surface area (Å²) >= 11 is 5.21. The van der Waals surface area contributed by atoms with Gasteiger partial charge in [0.2, 0.25) is 0 Å². The van der Waals surface area contributed by atoms with Crippen molar-refractivity contribution in [1.82, 2.24) is 0 Å². The van der Waals surface area contributed by atoms with Crippen molar-refractivity contribution in [1.29, 1.82) is 0 Å². The van der Waals surface area contributed by atoms with Crippen LogP contribution in [0.5, 0.6) is 0 Å². The highest BCUT2D eigenvalue weighted by atomic mass is 32.2. The minimum Gasteiger partial charge on any atom is -0.465 e. The molecule has 0 N–H and O–H groups in total. The molecule has 0 rings (SSSR count). The zero-order valence-corrected chi connectivity index (χ0v) is 13.1. The molecule has 0 fully saturated rings. The molecule has 0 aliphatic heterocycles. The van der Waals surface area contributed by atoms with Crippen LogP contribution in [0.2, 0.25) is 0 Å². The van der Waals surface area contributed by atoms with Gasteiger partial charge in [-0.25, -0.2) is 4.79 Å². The molecule has 6 heteroatoms. The van der Waals surface area contributed by atoms with E-state index in [9.17, 15) is 9.59 Å². The predicted octanol–water partition coefficient (Wildman–Crippen LogP) is 2.52. The largest absolute Gasteiger partial charge is 0.465 e. The summed E-state index contributed by atoms with van der Waals surface area (Å²) in [4.78, 5) is 22.8. The van der Waals surface area contributed by atoms with Gasteiger partial charge in [0.05, 0.1) is 18.5 Å². The molecule has 0 spiro atoms. The highest BCUT2D eigenvalue weighted by molar-refractivity contribution is 8.11. The topological polar surface area (TPSA) is 52.6 Å². The fraction of sp³-hybridized carbons (Fsp3) is 0.833. The van der Waals surface area contributed by atoms with Crippen molar-refractivity contribution < 1.29 is 19.1 Å². The van der Waals surface area contributed by atoms with Crippen molar-refractivity contribution >= 4 is 36.3 Å². The summed E-state index contributed by atoms with van der Waals surface area (Å²) in [5, 5.41) is 0. The first kappa shape index (κ1) is 17.6. The molecular formula is C12H22O4S2. The van der Waals surface area contributed by atoms with E-state index < -0.39 is 10.6 Å². The second-order valence-electron chi connectivity index (χ2n) is 4.40. The van der Waals surface area contributed by atoms with Crippen LogP contribution in [0, 0.1) is 5.92 Å². The number of carbonyl (C=O) groups is 2. The smallest absolute Gasteiger partial charge is 0.329 e. The molecule has 0 amide bonds. The minimum absolute atomic E-state index is 0.108. The number of hydrogen-bond donors (Lipinski definition) is 1. The van der Waals surface area contributed by atoms with E-state index in [4.69, 9.17) is 9.47 Å². The summed E-state index contributed by atoms with van der Waals surface area (Å²) in [6.07, 6.45) is 0.633. The SMILES string of the molecule is CCC(C)OC(=O)C(S)SCC(=O)OCC(C)C. The third kappa shape index (κ3) is 8.69. The van der Waals surface area contributed by atoms with Crippen LogP contribution in [0.4, 0.5) is 0 Å². The molecule has 106 valence electrons. The second-order valence-corrected chi connectivity index (χ2v) is 6.36. The summed E-state index contributed by atoms with van der Waals surface area (Å²) in [6.45, 7) is 8.08. The Morgan fingerprint density at radius 1 is 1.28 bits per heavy atom. The van der Waals surface area contributed by atoms with Gasteiger partial charge in [0.15, 0.2) is 0 Å². The first-order valence-corrected chi connectivity index (χ1v) is 7.59. The van der Waals surface area contributed by atoms with Crippen LogP contribution in [-0.4, -0.2) is 35.0 Å². The number of thioether (sulfide) groups is 1. The average Bonchev–Trinajstić information content (AvgIpc) is 2.32. The molecule has 4 nitrogen and oxygen atoms in total. The van der Waals surface area contributed by atoms with Crippen molar-refractivity contribution in [2.75, 3.05) is 12.4 Å². The first-order valence-electron chi connectivity index (χ1n) is 6.02. The van der Waals surface area contributed by atoms with E-state index in [0.29, 0.717) is 12.5 Å². The Morgan fingerprint density at radius 3 is 2.39 bits per heavy atom. The van der Waals surface area contributed by atoms with E-state index >= 15 is 0 Å². The van der Waals surface area contributed by atoms with Crippen LogP contribution in [0.15, 0.2) is 0 Å². The molecule has 0 aliphatic carbocycles. The van der Waals surface area contributed by atoms with E-state index in [1.54, 1.807) is 0 Å². The number of carbonyl (C=O) groups excluding carboxylic acids is 2. The molecule has 0 aliphatic rings. The molecule has 0 saturated heterocycles. The number of thiol groups is 1. The number of esters is 2. The third-order valence-electron chi connectivity index (χ3n) is 2.03. The van der Waals surface area contributed by atoms with Crippen LogP contribution in [0.3, 0.4) is 0 Å². The maximum atomic E-state index is 11.5. The quantitative estimate of drug-likeness (QED) is 0.423. The van der Waals surface area contributed by atoms with E-state index in [0.717, 1.165) is 18.2 Å². The minimum atomic E-state index is -0.648. The van der Waals surface area contributed by atoms with E-state index in [-0.39, 0.29) is 17.8 Å². The molecule has 18 heavy (non-hydrogen) atoms. The van der Waals surface area contributed by atoms with Gasteiger partial charge in [-0.05, 0) is 19.3 Å². The Kier molecular flexibility index (Phi) is 9.36. The third-order valence-corrected chi connectivity index (χ3v) is 3.60. The van der Waals surface area contributed by atoms with Gasteiger partial charge in [-0.15, -0.1) is 11.8 Å². The Labute approximate surface area is 119 Å². The Balaban J connectivity index is 3.84. The maximum absolute atomic E-state index is 11.5. The normalized spacial score (nSPS) is 14.1. The molecule has 0 aromatic rings. The molecular weight excluding hydrogens is 272 g/mol. The predicted molar refractivity (Wildman–Crippen MR) is 76.9 cm³/mol. The van der Waals surface area contributed by atoms with E-state index in [2.05, 4.69) is 12.6 Å². The van der Waals surface area contributed by atoms with Crippen LogP contribution in [0.1, 0.15) is 34.1 Å². The molecule has 0 heterocycles. The van der Waals surface area contributed by atoms with Crippen molar-refractivity contribution in [2.24, 2.45) is 5.92 Å². The molecule has 2 atom stereocenters. The molecule has 2 unspecified atom stereocenters. The van der Waals surface area contributed by atoms with E-state index in [1.807, 2.05) is 27.7 Å². The lowest BCUT2D eigenvalue weighted by Crippen LogP contribution is -2.22. The van der Waals surface area contributed by atoms with Gasteiger partial charge < -0.3 is 9.47 Å². The fourth-order valence-electron chi connectivity index (χ4n) is 0.856.